The molecule has 2 aromatic carbocycles. The van der Waals surface area contributed by atoms with Crippen LogP contribution >= 0.6 is 0 Å². The molecule has 0 aliphatic carbocycles. The average Bonchev–Trinajstić information content (AvgIpc) is 3.23. The van der Waals surface area contributed by atoms with Crippen molar-refractivity contribution in [3.05, 3.63) is 77.6 Å². The summed E-state index contributed by atoms with van der Waals surface area (Å²) >= 11 is 0. The molecule has 0 saturated carbocycles. The van der Waals surface area contributed by atoms with E-state index in [0.717, 1.165) is 0 Å². The number of allylic oxidation sites excluding steroid dienone is 1. The smallest absolute Gasteiger partial charge is 0.352 e. The number of benzene rings is 2. The molecule has 158 valence electrons. The van der Waals surface area contributed by atoms with E-state index in [0.29, 0.717) is 22.7 Å². The summed E-state index contributed by atoms with van der Waals surface area (Å²) in [6, 6.07) is 13.7. The van der Waals surface area contributed by atoms with Gasteiger partial charge in [0.25, 0.3) is 5.91 Å². The van der Waals surface area contributed by atoms with E-state index in [1.807, 2.05) is 18.2 Å². The maximum absolute atomic E-state index is 13.0. The average molecular weight is 420 g/mol. The lowest BCUT2D eigenvalue weighted by Crippen LogP contribution is -2.26. The molecular formula is C22H20N4O5. The second-order valence-electron chi connectivity index (χ2n) is 6.70. The van der Waals surface area contributed by atoms with Crippen LogP contribution < -0.4 is 20.1 Å². The third kappa shape index (κ3) is 3.68. The minimum atomic E-state index is -1.15. The highest BCUT2D eigenvalue weighted by atomic mass is 16.5. The molecule has 0 radical (unpaired) electrons. The third-order valence-electron chi connectivity index (χ3n) is 4.92. The molecule has 9 nitrogen and oxygen atoms in total. The van der Waals surface area contributed by atoms with Gasteiger partial charge in [-0.05, 0) is 24.3 Å². The zero-order chi connectivity index (χ0) is 22.0. The summed E-state index contributed by atoms with van der Waals surface area (Å²) in [5, 5.41) is 19.6. The van der Waals surface area contributed by atoms with Gasteiger partial charge in [-0.3, -0.25) is 4.79 Å². The van der Waals surface area contributed by atoms with E-state index >= 15 is 0 Å². The van der Waals surface area contributed by atoms with Crippen molar-refractivity contribution >= 4 is 23.4 Å². The molecule has 1 atom stereocenters. The number of carboxylic acids is 1. The van der Waals surface area contributed by atoms with Gasteiger partial charge < -0.3 is 25.2 Å². The van der Waals surface area contributed by atoms with Crippen molar-refractivity contribution in [2.75, 3.05) is 24.9 Å². The number of nitrogens with zero attached hydrogens (tertiary/aromatic N) is 2. The lowest BCUT2D eigenvalue weighted by Gasteiger charge is -2.25. The number of aliphatic carboxylic acids is 1. The van der Waals surface area contributed by atoms with Crippen molar-refractivity contribution in [3.63, 3.8) is 0 Å². The molecule has 1 aromatic heterocycles. The predicted octanol–water partition coefficient (Wildman–Crippen LogP) is 3.14. The van der Waals surface area contributed by atoms with Crippen LogP contribution in [0.15, 0.2) is 66.5 Å². The number of hydrogen-bond donors (Lipinski definition) is 3. The fourth-order valence-corrected chi connectivity index (χ4v) is 3.46. The summed E-state index contributed by atoms with van der Waals surface area (Å²) in [6.07, 6.45) is 2.93. The molecule has 0 saturated heterocycles. The van der Waals surface area contributed by atoms with Gasteiger partial charge in [-0.2, -0.15) is 5.10 Å². The first-order valence-corrected chi connectivity index (χ1v) is 9.40. The number of carbonyl (C=O) groups excluding carboxylic acids is 1. The lowest BCUT2D eigenvalue weighted by atomic mass is 10.0. The van der Waals surface area contributed by atoms with E-state index in [-0.39, 0.29) is 17.1 Å². The normalized spacial score (nSPS) is 14.6. The van der Waals surface area contributed by atoms with Gasteiger partial charge in [-0.1, -0.05) is 30.3 Å². The number of ether oxygens (including phenoxy) is 2. The molecule has 9 heteroatoms. The summed E-state index contributed by atoms with van der Waals surface area (Å²) in [5.41, 5.74) is 1.33. The number of hydrogen-bond acceptors (Lipinski definition) is 6. The van der Waals surface area contributed by atoms with Crippen LogP contribution in [0, 0.1) is 0 Å². The summed E-state index contributed by atoms with van der Waals surface area (Å²) in [4.78, 5) is 24.8. The van der Waals surface area contributed by atoms with Gasteiger partial charge in [0, 0.05) is 5.56 Å². The first-order valence-electron chi connectivity index (χ1n) is 9.40. The highest BCUT2D eigenvalue weighted by Crippen LogP contribution is 2.36. The van der Waals surface area contributed by atoms with Crippen molar-refractivity contribution in [2.24, 2.45) is 0 Å². The largest absolute Gasteiger partial charge is 0.496 e. The zero-order valence-corrected chi connectivity index (χ0v) is 16.8. The molecule has 0 spiro atoms. The number of aromatic nitrogens is 2. The van der Waals surface area contributed by atoms with E-state index < -0.39 is 17.9 Å². The Labute approximate surface area is 177 Å². The maximum atomic E-state index is 13.0. The number of rotatable bonds is 6. The lowest BCUT2D eigenvalue weighted by molar-refractivity contribution is -0.132. The van der Waals surface area contributed by atoms with E-state index in [1.165, 1.54) is 26.5 Å². The molecule has 1 aliphatic heterocycles. The quantitative estimate of drug-likeness (QED) is 0.561. The molecule has 3 aromatic rings. The first-order chi connectivity index (χ1) is 15.0. The monoisotopic (exact) mass is 420 g/mol. The van der Waals surface area contributed by atoms with Crippen molar-refractivity contribution in [1.82, 2.24) is 9.78 Å². The third-order valence-corrected chi connectivity index (χ3v) is 4.92. The number of carboxylic acid groups (broad SMARTS) is 1. The Hall–Kier alpha value is -4.27. The number of para-hydroxylation sites is 3. The standard InChI is InChI=1S/C22H20N4O5/c1-30-18-9-5-3-7-13(18)17-11-16(22(28)29)24-20-14(12-23-26(17)20)21(27)25-15-8-4-6-10-19(15)31-2/h3-12,17,24H,1-2H3,(H,25,27)(H,28,29). The molecule has 31 heavy (non-hydrogen) atoms. The Kier molecular flexibility index (Phi) is 5.31. The van der Waals surface area contributed by atoms with Gasteiger partial charge in [0.15, 0.2) is 0 Å². The molecule has 0 fully saturated rings. The van der Waals surface area contributed by atoms with Crippen LogP contribution in [0.2, 0.25) is 0 Å². The van der Waals surface area contributed by atoms with Crippen LogP contribution in [0.1, 0.15) is 22.0 Å². The van der Waals surface area contributed by atoms with Crippen LogP contribution in [0.25, 0.3) is 0 Å². The highest BCUT2D eigenvalue weighted by Gasteiger charge is 2.31. The second-order valence-corrected chi connectivity index (χ2v) is 6.70. The number of methoxy groups -OCH3 is 2. The van der Waals surface area contributed by atoms with E-state index in [2.05, 4.69) is 15.7 Å². The second kappa shape index (κ2) is 8.23. The van der Waals surface area contributed by atoms with Crippen LogP contribution in [0.5, 0.6) is 11.5 Å². The minimum Gasteiger partial charge on any atom is -0.496 e. The van der Waals surface area contributed by atoms with Crippen molar-refractivity contribution in [1.29, 1.82) is 0 Å². The number of amides is 1. The Morgan fingerprint density at radius 2 is 1.74 bits per heavy atom. The molecule has 4 rings (SSSR count). The molecule has 1 unspecified atom stereocenters. The Bertz CT molecular complexity index is 1180. The number of anilines is 2. The summed E-state index contributed by atoms with van der Waals surface area (Å²) in [6.45, 7) is 0. The zero-order valence-electron chi connectivity index (χ0n) is 16.8. The van der Waals surface area contributed by atoms with Gasteiger partial charge in [-0.25, -0.2) is 9.48 Å². The van der Waals surface area contributed by atoms with E-state index in [4.69, 9.17) is 9.47 Å². The van der Waals surface area contributed by atoms with Gasteiger partial charge in [-0.15, -0.1) is 0 Å². The molecule has 0 bridgehead atoms. The Balaban J connectivity index is 1.75. The topological polar surface area (TPSA) is 115 Å². The van der Waals surface area contributed by atoms with Crippen molar-refractivity contribution < 1.29 is 24.2 Å². The summed E-state index contributed by atoms with van der Waals surface area (Å²) in [5.74, 6) is -0.255. The van der Waals surface area contributed by atoms with Crippen molar-refractivity contribution in [3.8, 4) is 11.5 Å². The SMILES string of the molecule is COc1ccccc1NC(=O)c1cnn2c1NC(C(=O)O)=CC2c1ccccc1OC. The fraction of sp³-hybridized carbons (Fsp3) is 0.136. The summed E-state index contributed by atoms with van der Waals surface area (Å²) < 4.78 is 12.3. The van der Waals surface area contributed by atoms with Crippen LogP contribution in [0.4, 0.5) is 11.5 Å². The van der Waals surface area contributed by atoms with Crippen LogP contribution in [-0.4, -0.2) is 41.0 Å². The predicted molar refractivity (Wildman–Crippen MR) is 114 cm³/mol. The maximum Gasteiger partial charge on any atom is 0.352 e. The molecule has 1 aliphatic rings. The molecular weight excluding hydrogens is 400 g/mol. The number of fused-ring (bicyclic) bond motifs is 1. The van der Waals surface area contributed by atoms with E-state index in [9.17, 15) is 14.7 Å². The highest BCUT2D eigenvalue weighted by molar-refractivity contribution is 6.09. The Morgan fingerprint density at radius 3 is 2.45 bits per heavy atom. The van der Waals surface area contributed by atoms with Crippen molar-refractivity contribution in [2.45, 2.75) is 6.04 Å². The van der Waals surface area contributed by atoms with Gasteiger partial charge in [0.05, 0.1) is 26.1 Å². The molecule has 1 amide bonds. The van der Waals surface area contributed by atoms with Gasteiger partial charge >= 0.3 is 5.97 Å². The van der Waals surface area contributed by atoms with Crippen LogP contribution in [0.3, 0.4) is 0 Å². The molecule has 2 heterocycles. The molecule has 3 N–H and O–H groups in total. The minimum absolute atomic E-state index is 0.0600. The first kappa shape index (κ1) is 20.0. The van der Waals surface area contributed by atoms with Gasteiger partial charge in [0.2, 0.25) is 0 Å². The summed E-state index contributed by atoms with van der Waals surface area (Å²) in [7, 11) is 3.05. The number of carbonyl (C=O) groups is 2. The van der Waals surface area contributed by atoms with Gasteiger partial charge in [0.1, 0.15) is 34.6 Å². The van der Waals surface area contributed by atoms with Crippen LogP contribution in [-0.2, 0) is 4.79 Å². The Morgan fingerprint density at radius 1 is 1.06 bits per heavy atom. The fourth-order valence-electron chi connectivity index (χ4n) is 3.46. The number of nitrogens with one attached hydrogen (secondary N) is 2. The van der Waals surface area contributed by atoms with E-state index in [1.54, 1.807) is 35.0 Å².